The monoisotopic (exact) mass is 200 g/mol. The maximum atomic E-state index is 11.0. The van der Waals surface area contributed by atoms with Gasteiger partial charge in [0.15, 0.2) is 9.84 Å². The molecular weight excluding hydrogens is 188 g/mol. The average Bonchev–Trinajstić information content (AvgIpc) is 1.87. The SMILES string of the molecule is COCCCS(=O)(=O)CCCl. The summed E-state index contributed by atoms with van der Waals surface area (Å²) in [5.74, 6) is 0.418. The van der Waals surface area contributed by atoms with Crippen molar-refractivity contribution in [3.8, 4) is 0 Å². The summed E-state index contributed by atoms with van der Waals surface area (Å²) in [6.45, 7) is 0.488. The Hall–Kier alpha value is 0.200. The van der Waals surface area contributed by atoms with Crippen LogP contribution in [-0.2, 0) is 14.6 Å². The van der Waals surface area contributed by atoms with Gasteiger partial charge < -0.3 is 4.74 Å². The second kappa shape index (κ2) is 5.80. The molecule has 68 valence electrons. The van der Waals surface area contributed by atoms with Crippen molar-refractivity contribution in [1.29, 1.82) is 0 Å². The van der Waals surface area contributed by atoms with Gasteiger partial charge in [0, 0.05) is 19.6 Å². The van der Waals surface area contributed by atoms with Gasteiger partial charge in [0.1, 0.15) is 0 Å². The van der Waals surface area contributed by atoms with Crippen LogP contribution in [-0.4, -0.2) is 39.5 Å². The number of halogens is 1. The van der Waals surface area contributed by atoms with Gasteiger partial charge in [0.05, 0.1) is 11.5 Å². The smallest absolute Gasteiger partial charge is 0.151 e. The van der Waals surface area contributed by atoms with E-state index in [0.717, 1.165) is 0 Å². The van der Waals surface area contributed by atoms with E-state index in [-0.39, 0.29) is 17.4 Å². The van der Waals surface area contributed by atoms with Gasteiger partial charge in [0.2, 0.25) is 0 Å². The van der Waals surface area contributed by atoms with E-state index >= 15 is 0 Å². The van der Waals surface area contributed by atoms with E-state index in [4.69, 9.17) is 16.3 Å². The van der Waals surface area contributed by atoms with Gasteiger partial charge in [-0.2, -0.15) is 0 Å². The zero-order valence-corrected chi connectivity index (χ0v) is 8.12. The summed E-state index contributed by atoms with van der Waals surface area (Å²) in [5, 5.41) is 0. The van der Waals surface area contributed by atoms with Crippen LogP contribution in [0.4, 0.5) is 0 Å². The standard InChI is InChI=1S/C6H13ClO3S/c1-10-4-2-5-11(8,9)6-3-7/h2-6H2,1H3. The topological polar surface area (TPSA) is 43.4 Å². The molecule has 0 heterocycles. The van der Waals surface area contributed by atoms with Gasteiger partial charge in [-0.05, 0) is 6.42 Å². The van der Waals surface area contributed by atoms with Crippen molar-refractivity contribution in [3.63, 3.8) is 0 Å². The summed E-state index contributed by atoms with van der Waals surface area (Å²) in [7, 11) is -1.37. The van der Waals surface area contributed by atoms with Gasteiger partial charge in [-0.1, -0.05) is 0 Å². The third-order valence-corrected chi connectivity index (χ3v) is 3.34. The highest BCUT2D eigenvalue weighted by molar-refractivity contribution is 7.91. The molecule has 0 spiro atoms. The third-order valence-electron chi connectivity index (χ3n) is 1.19. The van der Waals surface area contributed by atoms with Gasteiger partial charge in [-0.3, -0.25) is 0 Å². The Morgan fingerprint density at radius 2 is 2.00 bits per heavy atom. The second-order valence-corrected chi connectivity index (χ2v) is 4.87. The van der Waals surface area contributed by atoms with Crippen molar-refractivity contribution < 1.29 is 13.2 Å². The van der Waals surface area contributed by atoms with Gasteiger partial charge in [0.25, 0.3) is 0 Å². The Morgan fingerprint density at radius 1 is 1.36 bits per heavy atom. The quantitative estimate of drug-likeness (QED) is 0.468. The molecule has 0 saturated heterocycles. The maximum Gasteiger partial charge on any atom is 0.151 e. The first-order chi connectivity index (χ1) is 5.12. The van der Waals surface area contributed by atoms with Crippen LogP contribution in [0.25, 0.3) is 0 Å². The number of rotatable bonds is 6. The van der Waals surface area contributed by atoms with Crippen LogP contribution in [0.1, 0.15) is 6.42 Å². The molecular formula is C6H13ClO3S. The zero-order chi connectivity index (χ0) is 8.74. The van der Waals surface area contributed by atoms with Crippen LogP contribution in [0.3, 0.4) is 0 Å². The molecule has 11 heavy (non-hydrogen) atoms. The fourth-order valence-corrected chi connectivity index (χ4v) is 2.34. The Morgan fingerprint density at radius 3 is 2.45 bits per heavy atom. The molecule has 0 atom stereocenters. The van der Waals surface area contributed by atoms with Crippen LogP contribution in [0, 0.1) is 0 Å². The molecule has 0 aromatic rings. The Kier molecular flexibility index (Phi) is 5.91. The van der Waals surface area contributed by atoms with E-state index in [1.807, 2.05) is 0 Å². The Labute approximate surface area is 72.6 Å². The predicted molar refractivity (Wildman–Crippen MR) is 45.9 cm³/mol. The number of hydrogen-bond donors (Lipinski definition) is 0. The molecule has 0 unspecified atom stereocenters. The van der Waals surface area contributed by atoms with E-state index in [9.17, 15) is 8.42 Å². The van der Waals surface area contributed by atoms with Crippen molar-refractivity contribution in [1.82, 2.24) is 0 Å². The van der Waals surface area contributed by atoms with Gasteiger partial charge >= 0.3 is 0 Å². The first-order valence-electron chi connectivity index (χ1n) is 3.37. The minimum atomic E-state index is -2.92. The van der Waals surface area contributed by atoms with Crippen LogP contribution in [0.15, 0.2) is 0 Å². The molecule has 0 fully saturated rings. The minimum absolute atomic E-state index is 0.0677. The van der Waals surface area contributed by atoms with Crippen molar-refractivity contribution in [3.05, 3.63) is 0 Å². The molecule has 0 aliphatic heterocycles. The summed E-state index contributed by atoms with van der Waals surface area (Å²) in [6.07, 6.45) is 0.551. The molecule has 5 heteroatoms. The van der Waals surface area contributed by atoms with Crippen LogP contribution >= 0.6 is 11.6 Å². The normalized spacial score (nSPS) is 11.8. The molecule has 0 radical (unpaired) electrons. The maximum absolute atomic E-state index is 11.0. The zero-order valence-electron chi connectivity index (χ0n) is 6.55. The third kappa shape index (κ3) is 6.59. The largest absolute Gasteiger partial charge is 0.385 e. The Balaban J connectivity index is 3.56. The highest BCUT2D eigenvalue weighted by atomic mass is 35.5. The summed E-state index contributed by atoms with van der Waals surface area (Å²) in [4.78, 5) is 0. The lowest BCUT2D eigenvalue weighted by molar-refractivity contribution is 0.199. The number of sulfone groups is 1. The van der Waals surface area contributed by atoms with Crippen molar-refractivity contribution in [2.45, 2.75) is 6.42 Å². The molecule has 0 aromatic carbocycles. The molecule has 0 N–H and O–H groups in total. The predicted octanol–water partition coefficient (Wildman–Crippen LogP) is 0.677. The molecule has 0 amide bonds. The van der Waals surface area contributed by atoms with Gasteiger partial charge in [-0.25, -0.2) is 8.42 Å². The summed E-state index contributed by atoms with van der Waals surface area (Å²) < 4.78 is 26.6. The van der Waals surface area contributed by atoms with Crippen molar-refractivity contribution in [2.24, 2.45) is 0 Å². The lowest BCUT2D eigenvalue weighted by Crippen LogP contribution is -2.13. The van der Waals surface area contributed by atoms with E-state index in [2.05, 4.69) is 0 Å². The molecule has 0 saturated carbocycles. The number of hydrogen-bond acceptors (Lipinski definition) is 3. The summed E-state index contributed by atoms with van der Waals surface area (Å²) in [6, 6.07) is 0. The highest BCUT2D eigenvalue weighted by Crippen LogP contribution is 1.95. The fourth-order valence-electron chi connectivity index (χ4n) is 0.643. The minimum Gasteiger partial charge on any atom is -0.385 e. The lowest BCUT2D eigenvalue weighted by atomic mass is 10.5. The van der Waals surface area contributed by atoms with Crippen LogP contribution in [0.5, 0.6) is 0 Å². The molecule has 0 aromatic heterocycles. The lowest BCUT2D eigenvalue weighted by Gasteiger charge is -2.00. The van der Waals surface area contributed by atoms with Crippen LogP contribution in [0.2, 0.25) is 0 Å². The average molecular weight is 201 g/mol. The fraction of sp³-hybridized carbons (Fsp3) is 1.00. The summed E-state index contributed by atoms with van der Waals surface area (Å²) in [5.41, 5.74) is 0. The van der Waals surface area contributed by atoms with Gasteiger partial charge in [-0.15, -0.1) is 11.6 Å². The number of methoxy groups -OCH3 is 1. The van der Waals surface area contributed by atoms with Crippen LogP contribution < -0.4 is 0 Å². The second-order valence-electron chi connectivity index (χ2n) is 2.19. The summed E-state index contributed by atoms with van der Waals surface area (Å²) >= 11 is 5.29. The molecule has 0 aliphatic rings. The van der Waals surface area contributed by atoms with E-state index in [1.165, 1.54) is 0 Å². The van der Waals surface area contributed by atoms with E-state index < -0.39 is 9.84 Å². The molecule has 3 nitrogen and oxygen atoms in total. The first-order valence-corrected chi connectivity index (χ1v) is 5.73. The molecule has 0 aliphatic carbocycles. The molecule has 0 bridgehead atoms. The number of ether oxygens (including phenoxy) is 1. The van der Waals surface area contributed by atoms with E-state index in [1.54, 1.807) is 7.11 Å². The van der Waals surface area contributed by atoms with E-state index in [0.29, 0.717) is 13.0 Å². The van der Waals surface area contributed by atoms with Crippen molar-refractivity contribution in [2.75, 3.05) is 31.1 Å². The molecule has 0 rings (SSSR count). The highest BCUT2D eigenvalue weighted by Gasteiger charge is 2.08. The van der Waals surface area contributed by atoms with Crippen molar-refractivity contribution >= 4 is 21.4 Å². The number of alkyl halides is 1. The first kappa shape index (κ1) is 11.2. The Bertz CT molecular complexity index is 176.